The highest BCUT2D eigenvalue weighted by Gasteiger charge is 1.94. The minimum absolute atomic E-state index is 0.477. The molecule has 0 atom stereocenters. The molecule has 0 saturated heterocycles. The molecule has 1 rings (SSSR count). The monoisotopic (exact) mass is 193 g/mol. The van der Waals surface area contributed by atoms with Crippen molar-refractivity contribution >= 4 is 35.0 Å². The lowest BCUT2D eigenvalue weighted by molar-refractivity contribution is 1.13. The first-order valence-corrected chi connectivity index (χ1v) is 4.20. The summed E-state index contributed by atoms with van der Waals surface area (Å²) in [7, 11) is 0. The molecule has 3 nitrogen and oxygen atoms in total. The van der Waals surface area contributed by atoms with Crippen molar-refractivity contribution in [3.63, 3.8) is 0 Å². The van der Waals surface area contributed by atoms with E-state index in [2.05, 4.69) is 27.4 Å². The molecule has 1 aromatic heterocycles. The SMILES string of the molecule is N#CSc1cccc(N=C=S)n1. The molecule has 0 aliphatic carbocycles. The van der Waals surface area contributed by atoms with Crippen molar-refractivity contribution in [1.82, 2.24) is 4.98 Å². The topological polar surface area (TPSA) is 49.0 Å². The number of nitriles is 1. The molecule has 5 heteroatoms. The van der Waals surface area contributed by atoms with Crippen LogP contribution < -0.4 is 0 Å². The maximum Gasteiger partial charge on any atom is 0.163 e. The van der Waals surface area contributed by atoms with E-state index in [1.807, 2.05) is 5.40 Å². The number of aliphatic imine (C=N–C) groups is 1. The number of hydrogen-bond donors (Lipinski definition) is 0. The van der Waals surface area contributed by atoms with E-state index in [-0.39, 0.29) is 0 Å². The Balaban J connectivity index is 2.97. The Hall–Kier alpha value is -1.21. The highest BCUT2D eigenvalue weighted by molar-refractivity contribution is 8.03. The van der Waals surface area contributed by atoms with E-state index >= 15 is 0 Å². The third-order valence-corrected chi connectivity index (χ3v) is 1.64. The van der Waals surface area contributed by atoms with Crippen molar-refractivity contribution in [2.45, 2.75) is 5.03 Å². The quantitative estimate of drug-likeness (QED) is 0.313. The van der Waals surface area contributed by atoms with Crippen molar-refractivity contribution in [2.75, 3.05) is 0 Å². The summed E-state index contributed by atoms with van der Waals surface area (Å²) in [5, 5.41) is 13.1. The molecule has 58 valence electrons. The molecule has 12 heavy (non-hydrogen) atoms. The Morgan fingerprint density at radius 1 is 1.58 bits per heavy atom. The van der Waals surface area contributed by atoms with Crippen LogP contribution in [0.25, 0.3) is 0 Å². The number of thioether (sulfide) groups is 1. The fourth-order valence-corrected chi connectivity index (χ4v) is 1.09. The smallest absolute Gasteiger partial charge is 0.163 e. The van der Waals surface area contributed by atoms with E-state index in [1.54, 1.807) is 18.2 Å². The predicted octanol–water partition coefficient (Wildman–Crippen LogP) is 2.39. The number of thiocarbonyl (C=S) groups is 1. The van der Waals surface area contributed by atoms with Crippen LogP contribution in [0.15, 0.2) is 28.2 Å². The van der Waals surface area contributed by atoms with Crippen molar-refractivity contribution < 1.29 is 0 Å². The maximum atomic E-state index is 8.35. The fraction of sp³-hybridized carbons (Fsp3) is 0. The van der Waals surface area contributed by atoms with Gasteiger partial charge in [-0.2, -0.15) is 10.3 Å². The largest absolute Gasteiger partial charge is 0.221 e. The van der Waals surface area contributed by atoms with E-state index < -0.39 is 0 Å². The number of nitrogens with zero attached hydrogens (tertiary/aromatic N) is 3. The summed E-state index contributed by atoms with van der Waals surface area (Å²) in [5.41, 5.74) is 0. The van der Waals surface area contributed by atoms with E-state index in [0.717, 1.165) is 11.8 Å². The number of hydrogen-bond acceptors (Lipinski definition) is 5. The summed E-state index contributed by atoms with van der Waals surface area (Å²) >= 11 is 5.40. The summed E-state index contributed by atoms with van der Waals surface area (Å²) in [6.07, 6.45) is 0. The van der Waals surface area contributed by atoms with Gasteiger partial charge in [0.15, 0.2) is 5.82 Å². The van der Waals surface area contributed by atoms with Crippen molar-refractivity contribution in [3.05, 3.63) is 18.2 Å². The Morgan fingerprint density at radius 2 is 2.42 bits per heavy atom. The first kappa shape index (κ1) is 8.88. The standard InChI is InChI=1S/C7H3N3S2/c8-4-12-7-3-1-2-6(10-7)9-5-11/h1-3H. The lowest BCUT2D eigenvalue weighted by Gasteiger charge is -1.92. The lowest BCUT2D eigenvalue weighted by atomic mass is 10.5. The number of isothiocyanates is 1. The van der Waals surface area contributed by atoms with Gasteiger partial charge in [0, 0.05) is 11.8 Å². The summed E-state index contributed by atoms with van der Waals surface area (Å²) in [6.45, 7) is 0. The molecule has 1 heterocycles. The molecule has 0 N–H and O–H groups in total. The predicted molar refractivity (Wildman–Crippen MR) is 50.4 cm³/mol. The van der Waals surface area contributed by atoms with Gasteiger partial charge in [-0.05, 0) is 24.4 Å². The number of thiocyanates is 1. The Kier molecular flexibility index (Phi) is 3.42. The molecular formula is C7H3N3S2. The van der Waals surface area contributed by atoms with Gasteiger partial charge in [0.2, 0.25) is 0 Å². The molecule has 0 unspecified atom stereocenters. The molecule has 0 aromatic carbocycles. The normalized spacial score (nSPS) is 8.25. The van der Waals surface area contributed by atoms with Crippen LogP contribution in [-0.4, -0.2) is 10.1 Å². The van der Waals surface area contributed by atoms with Crippen LogP contribution in [0.5, 0.6) is 0 Å². The van der Waals surface area contributed by atoms with Gasteiger partial charge in [-0.1, -0.05) is 6.07 Å². The van der Waals surface area contributed by atoms with Gasteiger partial charge in [0.25, 0.3) is 0 Å². The average molecular weight is 193 g/mol. The Bertz CT molecular complexity index is 363. The molecule has 0 fully saturated rings. The van der Waals surface area contributed by atoms with Gasteiger partial charge < -0.3 is 0 Å². The van der Waals surface area contributed by atoms with Gasteiger partial charge in [-0.25, -0.2) is 4.98 Å². The number of rotatable bonds is 2. The molecule has 0 bridgehead atoms. The van der Waals surface area contributed by atoms with Crippen LogP contribution in [0, 0.1) is 10.7 Å². The van der Waals surface area contributed by atoms with Crippen molar-refractivity contribution in [1.29, 1.82) is 5.26 Å². The average Bonchev–Trinajstić information content (AvgIpc) is 2.06. The van der Waals surface area contributed by atoms with Crippen molar-refractivity contribution in [3.8, 4) is 5.40 Å². The van der Waals surface area contributed by atoms with E-state index in [0.29, 0.717) is 10.8 Å². The van der Waals surface area contributed by atoms with E-state index in [9.17, 15) is 0 Å². The van der Waals surface area contributed by atoms with Gasteiger partial charge >= 0.3 is 0 Å². The zero-order valence-electron chi connectivity index (χ0n) is 5.89. The van der Waals surface area contributed by atoms with Crippen LogP contribution in [-0.2, 0) is 0 Å². The molecule has 0 spiro atoms. The zero-order valence-corrected chi connectivity index (χ0v) is 7.52. The Labute approximate surface area is 79.2 Å². The zero-order chi connectivity index (χ0) is 8.81. The first-order chi connectivity index (χ1) is 5.86. The van der Waals surface area contributed by atoms with Gasteiger partial charge in [-0.3, -0.25) is 0 Å². The third-order valence-electron chi connectivity index (χ3n) is 1.02. The van der Waals surface area contributed by atoms with Crippen LogP contribution in [0.2, 0.25) is 0 Å². The Morgan fingerprint density at radius 3 is 3.08 bits per heavy atom. The summed E-state index contributed by atoms with van der Waals surface area (Å²) in [6, 6.07) is 5.19. The summed E-state index contributed by atoms with van der Waals surface area (Å²) < 4.78 is 0. The van der Waals surface area contributed by atoms with Crippen LogP contribution >= 0.6 is 24.0 Å². The van der Waals surface area contributed by atoms with Gasteiger partial charge in [0.1, 0.15) is 10.4 Å². The second-order valence-corrected chi connectivity index (χ2v) is 2.72. The number of aromatic nitrogens is 1. The van der Waals surface area contributed by atoms with Crippen LogP contribution in [0.1, 0.15) is 0 Å². The molecule has 0 aliphatic heterocycles. The molecular weight excluding hydrogens is 190 g/mol. The third kappa shape index (κ3) is 2.44. The summed E-state index contributed by atoms with van der Waals surface area (Å²) in [4.78, 5) is 7.68. The summed E-state index contributed by atoms with van der Waals surface area (Å²) in [5.74, 6) is 0.477. The van der Waals surface area contributed by atoms with Crippen LogP contribution in [0.4, 0.5) is 5.82 Å². The molecule has 0 radical (unpaired) electrons. The minimum atomic E-state index is 0.477. The van der Waals surface area contributed by atoms with Crippen LogP contribution in [0.3, 0.4) is 0 Å². The van der Waals surface area contributed by atoms with Crippen molar-refractivity contribution in [2.24, 2.45) is 4.99 Å². The first-order valence-electron chi connectivity index (χ1n) is 2.97. The molecule has 1 aromatic rings. The molecule has 0 aliphatic rings. The highest BCUT2D eigenvalue weighted by Crippen LogP contribution is 2.16. The maximum absolute atomic E-state index is 8.35. The minimum Gasteiger partial charge on any atom is -0.221 e. The number of pyridine rings is 1. The molecule has 0 saturated carbocycles. The second-order valence-electron chi connectivity index (χ2n) is 1.73. The molecule has 0 amide bonds. The van der Waals surface area contributed by atoms with E-state index in [1.165, 1.54) is 0 Å². The highest BCUT2D eigenvalue weighted by atomic mass is 32.2. The van der Waals surface area contributed by atoms with E-state index in [4.69, 9.17) is 5.26 Å². The van der Waals surface area contributed by atoms with Gasteiger partial charge in [-0.15, -0.1) is 0 Å². The van der Waals surface area contributed by atoms with Gasteiger partial charge in [0.05, 0.1) is 5.16 Å². The second kappa shape index (κ2) is 4.62. The fourth-order valence-electron chi connectivity index (χ4n) is 0.617. The lowest BCUT2D eigenvalue weighted by Crippen LogP contribution is -1.76.